The van der Waals surface area contributed by atoms with E-state index in [0.717, 1.165) is 0 Å². The van der Waals surface area contributed by atoms with Gasteiger partial charge in [0.2, 0.25) is 0 Å². The molecule has 0 N–H and O–H groups in total. The van der Waals surface area contributed by atoms with Crippen LogP contribution in [0, 0.1) is 0 Å². The standard InChI is InChI=1S/C12H28N.Ti/c1-5-9-11-13(7-3,8-4)12-10-6-2;/h5-12H2,1-4H3;/q+1;+4. The molecule has 0 amide bonds. The molecule has 0 saturated heterocycles. The summed E-state index contributed by atoms with van der Waals surface area (Å²) in [5, 5.41) is 0. The fourth-order valence-corrected chi connectivity index (χ4v) is 1.95. The first-order chi connectivity index (χ1) is 6.24. The van der Waals surface area contributed by atoms with Crippen molar-refractivity contribution < 1.29 is 26.2 Å². The monoisotopic (exact) mass is 234 g/mol. The van der Waals surface area contributed by atoms with Gasteiger partial charge in [0, 0.05) is 0 Å². The summed E-state index contributed by atoms with van der Waals surface area (Å²) in [6, 6.07) is 0. The molecule has 0 aliphatic heterocycles. The van der Waals surface area contributed by atoms with E-state index in [9.17, 15) is 0 Å². The van der Waals surface area contributed by atoms with E-state index in [0.29, 0.717) is 0 Å². The largest absolute Gasteiger partial charge is 4.00 e. The second-order valence-corrected chi connectivity index (χ2v) is 4.13. The van der Waals surface area contributed by atoms with Gasteiger partial charge in [-0.1, -0.05) is 26.7 Å². The summed E-state index contributed by atoms with van der Waals surface area (Å²) in [4.78, 5) is 0. The molecule has 0 aromatic rings. The Morgan fingerprint density at radius 1 is 0.714 bits per heavy atom. The quantitative estimate of drug-likeness (QED) is 0.446. The number of hydrogen-bond acceptors (Lipinski definition) is 0. The summed E-state index contributed by atoms with van der Waals surface area (Å²) in [6.07, 6.45) is 5.47. The van der Waals surface area contributed by atoms with Crippen molar-refractivity contribution >= 4 is 0 Å². The topological polar surface area (TPSA) is 0 Å². The Labute approximate surface area is 106 Å². The number of rotatable bonds is 8. The second kappa shape index (κ2) is 10.2. The summed E-state index contributed by atoms with van der Waals surface area (Å²) in [6.45, 7) is 14.7. The first-order valence-electron chi connectivity index (χ1n) is 6.09. The van der Waals surface area contributed by atoms with Crippen LogP contribution in [0.4, 0.5) is 0 Å². The summed E-state index contributed by atoms with van der Waals surface area (Å²) >= 11 is 0. The zero-order chi connectivity index (χ0) is 10.2. The molecule has 1 nitrogen and oxygen atoms in total. The van der Waals surface area contributed by atoms with Crippen molar-refractivity contribution in [3.05, 3.63) is 0 Å². The number of unbranched alkanes of at least 4 members (excludes halogenated alkanes) is 2. The first kappa shape index (κ1) is 17.1. The van der Waals surface area contributed by atoms with Crippen LogP contribution < -0.4 is 0 Å². The maximum absolute atomic E-state index is 2.34. The Bertz CT molecular complexity index is 101. The predicted molar refractivity (Wildman–Crippen MR) is 60.9 cm³/mol. The predicted octanol–water partition coefficient (Wildman–Crippen LogP) is 3.44. The van der Waals surface area contributed by atoms with E-state index in [1.807, 2.05) is 0 Å². The molecule has 0 atom stereocenters. The zero-order valence-electron chi connectivity index (χ0n) is 10.6. The van der Waals surface area contributed by atoms with E-state index < -0.39 is 0 Å². The van der Waals surface area contributed by atoms with Crippen LogP contribution in [-0.4, -0.2) is 30.7 Å². The molecule has 0 spiro atoms. The Morgan fingerprint density at radius 2 is 1.07 bits per heavy atom. The zero-order valence-corrected chi connectivity index (χ0v) is 12.2. The third-order valence-corrected chi connectivity index (χ3v) is 3.31. The third-order valence-electron chi connectivity index (χ3n) is 3.31. The van der Waals surface area contributed by atoms with E-state index >= 15 is 0 Å². The molecule has 0 radical (unpaired) electrons. The van der Waals surface area contributed by atoms with Gasteiger partial charge in [0.05, 0.1) is 26.2 Å². The van der Waals surface area contributed by atoms with Gasteiger partial charge in [0.25, 0.3) is 0 Å². The van der Waals surface area contributed by atoms with E-state index in [4.69, 9.17) is 0 Å². The maximum Gasteiger partial charge on any atom is 4.00 e. The van der Waals surface area contributed by atoms with Crippen LogP contribution in [0.3, 0.4) is 0 Å². The van der Waals surface area contributed by atoms with Gasteiger partial charge in [-0.2, -0.15) is 0 Å². The Morgan fingerprint density at radius 3 is 1.29 bits per heavy atom. The smallest absolute Gasteiger partial charge is 0.324 e. The molecular weight excluding hydrogens is 206 g/mol. The van der Waals surface area contributed by atoms with Gasteiger partial charge in [0.15, 0.2) is 0 Å². The van der Waals surface area contributed by atoms with Gasteiger partial charge in [-0.3, -0.25) is 0 Å². The van der Waals surface area contributed by atoms with Gasteiger partial charge in [-0.15, -0.1) is 0 Å². The first-order valence-corrected chi connectivity index (χ1v) is 6.09. The van der Waals surface area contributed by atoms with E-state index in [-0.39, 0.29) is 21.7 Å². The number of quaternary nitrogens is 1. The average molecular weight is 234 g/mol. The maximum atomic E-state index is 2.34. The molecule has 0 heterocycles. The Balaban J connectivity index is 0. The van der Waals surface area contributed by atoms with Crippen molar-refractivity contribution in [2.45, 2.75) is 53.4 Å². The van der Waals surface area contributed by atoms with Crippen LogP contribution in [0.5, 0.6) is 0 Å². The van der Waals surface area contributed by atoms with Crippen LogP contribution in [0.2, 0.25) is 0 Å². The SMILES string of the molecule is CCCC[N+](CC)(CC)CCCC.[Ti+4]. The van der Waals surface area contributed by atoms with Crippen LogP contribution in [-0.2, 0) is 21.7 Å². The molecule has 0 aliphatic rings. The number of hydrogen-bond donors (Lipinski definition) is 0. The summed E-state index contributed by atoms with van der Waals surface area (Å²) in [5.74, 6) is 0. The van der Waals surface area contributed by atoms with Crippen molar-refractivity contribution in [1.82, 2.24) is 0 Å². The second-order valence-electron chi connectivity index (χ2n) is 4.13. The minimum absolute atomic E-state index is 0. The van der Waals surface area contributed by atoms with Crippen LogP contribution in [0.15, 0.2) is 0 Å². The third kappa shape index (κ3) is 6.21. The van der Waals surface area contributed by atoms with Crippen molar-refractivity contribution in [3.8, 4) is 0 Å². The van der Waals surface area contributed by atoms with E-state index in [2.05, 4.69) is 27.7 Å². The molecule has 0 fully saturated rings. The normalized spacial score (nSPS) is 11.1. The van der Waals surface area contributed by atoms with Gasteiger partial charge in [-0.25, -0.2) is 0 Å². The molecule has 0 aromatic heterocycles. The fourth-order valence-electron chi connectivity index (χ4n) is 1.95. The summed E-state index contributed by atoms with van der Waals surface area (Å²) < 4.78 is 1.35. The molecule has 0 bridgehead atoms. The van der Waals surface area contributed by atoms with Crippen molar-refractivity contribution in [3.63, 3.8) is 0 Å². The molecule has 80 valence electrons. The molecule has 2 heteroatoms. The van der Waals surface area contributed by atoms with Gasteiger partial charge in [0.1, 0.15) is 0 Å². The minimum atomic E-state index is 0. The molecule has 0 saturated carbocycles. The summed E-state index contributed by atoms with van der Waals surface area (Å²) in [5.41, 5.74) is 0. The molecule has 0 aliphatic carbocycles. The Kier molecular flexibility index (Phi) is 12.4. The van der Waals surface area contributed by atoms with Crippen LogP contribution in [0.25, 0.3) is 0 Å². The fraction of sp³-hybridized carbons (Fsp3) is 1.00. The molecule has 0 rings (SSSR count). The molecular formula is C12H28NTi+5. The van der Waals surface area contributed by atoms with Crippen molar-refractivity contribution in [1.29, 1.82) is 0 Å². The van der Waals surface area contributed by atoms with Crippen molar-refractivity contribution in [2.75, 3.05) is 26.2 Å². The van der Waals surface area contributed by atoms with Gasteiger partial charge < -0.3 is 4.48 Å². The van der Waals surface area contributed by atoms with Crippen molar-refractivity contribution in [2.24, 2.45) is 0 Å². The van der Waals surface area contributed by atoms with E-state index in [1.54, 1.807) is 0 Å². The van der Waals surface area contributed by atoms with Crippen LogP contribution in [0.1, 0.15) is 53.4 Å². The minimum Gasteiger partial charge on any atom is -0.324 e. The van der Waals surface area contributed by atoms with Gasteiger partial charge >= 0.3 is 21.7 Å². The van der Waals surface area contributed by atoms with Crippen LogP contribution >= 0.6 is 0 Å². The molecule has 0 aromatic carbocycles. The average Bonchev–Trinajstić information content (AvgIpc) is 2.20. The van der Waals surface area contributed by atoms with E-state index in [1.165, 1.54) is 56.3 Å². The Hall–Kier alpha value is 0.674. The summed E-state index contributed by atoms with van der Waals surface area (Å²) in [7, 11) is 0. The van der Waals surface area contributed by atoms with Gasteiger partial charge in [-0.05, 0) is 26.7 Å². The number of nitrogens with zero attached hydrogens (tertiary/aromatic N) is 1. The molecule has 14 heavy (non-hydrogen) atoms. The molecule has 0 unspecified atom stereocenters.